The maximum Gasteiger partial charge on any atom is 0.228 e. The zero-order valence-electron chi connectivity index (χ0n) is 13.2. The van der Waals surface area contributed by atoms with Gasteiger partial charge in [0.15, 0.2) is 11.5 Å². The molecule has 0 saturated carbocycles. The number of carbonyl (C=O) groups excluding carboxylic acids is 1. The summed E-state index contributed by atoms with van der Waals surface area (Å²) in [5.74, 6) is 1.10. The van der Waals surface area contributed by atoms with Crippen molar-refractivity contribution in [3.05, 3.63) is 52.0 Å². The number of ether oxygens (including phenoxy) is 2. The molecule has 0 bridgehead atoms. The molecule has 1 aliphatic heterocycles. The Labute approximate surface area is 145 Å². The monoisotopic (exact) mass is 343 g/mol. The molecule has 4 nitrogen and oxygen atoms in total. The highest BCUT2D eigenvalue weighted by molar-refractivity contribution is 6.32. The zero-order chi connectivity index (χ0) is 16.5. The number of amides is 1. The van der Waals surface area contributed by atoms with E-state index in [1.54, 1.807) is 6.07 Å². The van der Waals surface area contributed by atoms with Gasteiger partial charge in [0.25, 0.3) is 0 Å². The average molecular weight is 344 g/mol. The lowest BCUT2D eigenvalue weighted by molar-refractivity contribution is -0.115. The van der Waals surface area contributed by atoms with Crippen molar-refractivity contribution in [2.24, 2.45) is 0 Å². The molecule has 2 aromatic rings. The van der Waals surface area contributed by atoms with Crippen LogP contribution >= 0.6 is 11.6 Å². The number of hydrogen-bond acceptors (Lipinski definition) is 3. The van der Waals surface area contributed by atoms with Crippen molar-refractivity contribution in [1.29, 1.82) is 0 Å². The third-order valence-corrected chi connectivity index (χ3v) is 4.68. The maximum absolute atomic E-state index is 12.3. The predicted octanol–water partition coefficient (Wildman–Crippen LogP) is 3.78. The summed E-state index contributed by atoms with van der Waals surface area (Å²) >= 11 is 6.22. The Hall–Kier alpha value is -2.20. The normalized spacial score (nSPS) is 15.0. The fourth-order valence-electron chi connectivity index (χ4n) is 3.31. The molecular formula is C19H18ClNO3. The minimum absolute atomic E-state index is 0.0688. The summed E-state index contributed by atoms with van der Waals surface area (Å²) in [7, 11) is 0. The summed E-state index contributed by atoms with van der Waals surface area (Å²) in [6.45, 7) is 0.985. The Kier molecular flexibility index (Phi) is 4.07. The van der Waals surface area contributed by atoms with Gasteiger partial charge in [-0.1, -0.05) is 17.7 Å². The molecule has 0 fully saturated rings. The van der Waals surface area contributed by atoms with E-state index in [2.05, 4.69) is 17.4 Å². The summed E-state index contributed by atoms with van der Waals surface area (Å²) in [6, 6.07) is 9.74. The van der Waals surface area contributed by atoms with Crippen LogP contribution in [0, 0.1) is 0 Å². The molecule has 2 aromatic carbocycles. The van der Waals surface area contributed by atoms with Crippen LogP contribution in [0.5, 0.6) is 11.5 Å². The van der Waals surface area contributed by atoms with E-state index in [1.165, 1.54) is 17.5 Å². The smallest absolute Gasteiger partial charge is 0.228 e. The summed E-state index contributed by atoms with van der Waals surface area (Å²) in [6.07, 6.45) is 3.67. The van der Waals surface area contributed by atoms with Crippen LogP contribution in [0.4, 0.5) is 5.69 Å². The molecule has 0 unspecified atom stereocenters. The number of carbonyl (C=O) groups is 1. The van der Waals surface area contributed by atoms with Crippen molar-refractivity contribution in [2.45, 2.75) is 25.7 Å². The highest BCUT2D eigenvalue weighted by Crippen LogP contribution is 2.38. The first kappa shape index (κ1) is 15.3. The molecule has 1 heterocycles. The Morgan fingerprint density at radius 1 is 1.08 bits per heavy atom. The quantitative estimate of drug-likeness (QED) is 0.922. The van der Waals surface area contributed by atoms with E-state index in [9.17, 15) is 4.79 Å². The van der Waals surface area contributed by atoms with Gasteiger partial charge in [0, 0.05) is 5.69 Å². The van der Waals surface area contributed by atoms with Gasteiger partial charge in [0.05, 0.1) is 11.4 Å². The zero-order valence-corrected chi connectivity index (χ0v) is 14.0. The van der Waals surface area contributed by atoms with E-state index >= 15 is 0 Å². The Balaban J connectivity index is 1.47. The molecule has 1 amide bonds. The molecule has 0 atom stereocenters. The lowest BCUT2D eigenvalue weighted by Gasteiger charge is -2.20. The third kappa shape index (κ3) is 3.06. The Bertz CT molecular complexity index is 803. The van der Waals surface area contributed by atoms with E-state index in [0.29, 0.717) is 29.7 Å². The second-order valence-corrected chi connectivity index (χ2v) is 6.57. The molecule has 4 rings (SSSR count). The highest BCUT2D eigenvalue weighted by Gasteiger charge is 2.18. The van der Waals surface area contributed by atoms with Gasteiger partial charge in [-0.05, 0) is 60.2 Å². The van der Waals surface area contributed by atoms with Gasteiger partial charge in [-0.3, -0.25) is 4.79 Å². The van der Waals surface area contributed by atoms with Gasteiger partial charge in [-0.2, -0.15) is 0 Å². The van der Waals surface area contributed by atoms with Crippen molar-refractivity contribution >= 4 is 23.2 Å². The summed E-state index contributed by atoms with van der Waals surface area (Å²) in [4.78, 5) is 12.3. The first-order valence-electron chi connectivity index (χ1n) is 8.19. The number of benzene rings is 2. The first-order chi connectivity index (χ1) is 11.7. The number of rotatable bonds is 3. The van der Waals surface area contributed by atoms with Crippen molar-refractivity contribution in [1.82, 2.24) is 0 Å². The molecule has 1 aliphatic carbocycles. The molecule has 124 valence electrons. The Morgan fingerprint density at radius 2 is 1.92 bits per heavy atom. The molecule has 5 heteroatoms. The van der Waals surface area contributed by atoms with Crippen LogP contribution in [0.15, 0.2) is 30.3 Å². The Morgan fingerprint density at radius 3 is 2.83 bits per heavy atom. The number of aryl methyl sites for hydroxylation is 2. The van der Waals surface area contributed by atoms with Gasteiger partial charge in [0.2, 0.25) is 5.91 Å². The molecule has 0 saturated heterocycles. The largest absolute Gasteiger partial charge is 0.486 e. The molecule has 0 spiro atoms. The standard InChI is InChI=1S/C19H18ClNO3/c20-16-8-12(9-17-19(16)24-7-6-23-17)10-18(22)21-15-5-4-13-2-1-3-14(13)11-15/h4-5,8-9,11H,1-3,6-7,10H2,(H,21,22). The summed E-state index contributed by atoms with van der Waals surface area (Å²) in [5.41, 5.74) is 4.40. The van der Waals surface area contributed by atoms with E-state index < -0.39 is 0 Å². The van der Waals surface area contributed by atoms with Crippen LogP contribution in [0.3, 0.4) is 0 Å². The van der Waals surface area contributed by atoms with Gasteiger partial charge in [0.1, 0.15) is 13.2 Å². The fraction of sp³-hybridized carbons (Fsp3) is 0.316. The van der Waals surface area contributed by atoms with E-state index in [0.717, 1.165) is 24.1 Å². The molecule has 1 N–H and O–H groups in total. The average Bonchev–Trinajstić information content (AvgIpc) is 3.02. The van der Waals surface area contributed by atoms with E-state index in [-0.39, 0.29) is 12.3 Å². The van der Waals surface area contributed by atoms with Crippen LogP contribution in [-0.4, -0.2) is 19.1 Å². The maximum atomic E-state index is 12.3. The van der Waals surface area contributed by atoms with Crippen molar-refractivity contribution in [2.75, 3.05) is 18.5 Å². The molecular weight excluding hydrogens is 326 g/mol. The lowest BCUT2D eigenvalue weighted by Crippen LogP contribution is -2.17. The van der Waals surface area contributed by atoms with Crippen molar-refractivity contribution in [3.8, 4) is 11.5 Å². The minimum Gasteiger partial charge on any atom is -0.486 e. The number of anilines is 1. The number of fused-ring (bicyclic) bond motifs is 2. The first-order valence-corrected chi connectivity index (χ1v) is 8.56. The van der Waals surface area contributed by atoms with Crippen molar-refractivity contribution in [3.63, 3.8) is 0 Å². The minimum atomic E-state index is -0.0688. The second-order valence-electron chi connectivity index (χ2n) is 6.16. The topological polar surface area (TPSA) is 47.6 Å². The van der Waals surface area contributed by atoms with Crippen LogP contribution in [0.2, 0.25) is 5.02 Å². The second kappa shape index (κ2) is 6.36. The molecule has 2 aliphatic rings. The molecule has 0 radical (unpaired) electrons. The van der Waals surface area contributed by atoms with Gasteiger partial charge >= 0.3 is 0 Å². The van der Waals surface area contributed by atoms with Crippen LogP contribution in [0.1, 0.15) is 23.1 Å². The fourth-order valence-corrected chi connectivity index (χ4v) is 3.59. The SMILES string of the molecule is O=C(Cc1cc(Cl)c2c(c1)OCCO2)Nc1ccc2c(c1)CCC2. The molecule has 24 heavy (non-hydrogen) atoms. The number of hydrogen-bond donors (Lipinski definition) is 1. The van der Waals surface area contributed by atoms with Crippen LogP contribution in [0.25, 0.3) is 0 Å². The van der Waals surface area contributed by atoms with Gasteiger partial charge < -0.3 is 14.8 Å². The lowest BCUT2D eigenvalue weighted by atomic mass is 10.1. The van der Waals surface area contributed by atoms with Crippen LogP contribution in [-0.2, 0) is 24.1 Å². The highest BCUT2D eigenvalue weighted by atomic mass is 35.5. The van der Waals surface area contributed by atoms with Crippen molar-refractivity contribution < 1.29 is 14.3 Å². The number of halogens is 1. The van der Waals surface area contributed by atoms with E-state index in [1.807, 2.05) is 12.1 Å². The predicted molar refractivity (Wildman–Crippen MR) is 93.2 cm³/mol. The third-order valence-electron chi connectivity index (χ3n) is 4.40. The summed E-state index contributed by atoms with van der Waals surface area (Å²) < 4.78 is 11.0. The molecule has 0 aromatic heterocycles. The van der Waals surface area contributed by atoms with Gasteiger partial charge in [-0.15, -0.1) is 0 Å². The summed E-state index contributed by atoms with van der Waals surface area (Å²) in [5, 5.41) is 3.44. The van der Waals surface area contributed by atoms with E-state index in [4.69, 9.17) is 21.1 Å². The van der Waals surface area contributed by atoms with Gasteiger partial charge in [-0.25, -0.2) is 0 Å². The number of nitrogens with one attached hydrogen (secondary N) is 1. The van der Waals surface area contributed by atoms with Crippen LogP contribution < -0.4 is 14.8 Å².